The van der Waals surface area contributed by atoms with E-state index in [1.807, 2.05) is 42.1 Å². The van der Waals surface area contributed by atoms with Gasteiger partial charge in [0, 0.05) is 11.3 Å². The van der Waals surface area contributed by atoms with Gasteiger partial charge < -0.3 is 10.1 Å². The minimum Gasteiger partial charge on any atom is -0.492 e. The first-order chi connectivity index (χ1) is 9.86. The molecule has 0 amide bonds. The molecular weight excluding hydrogens is 268 g/mol. The zero-order valence-corrected chi connectivity index (χ0v) is 12.6. The fraction of sp³-hybridized carbons (Fsp3) is 0.562. The Morgan fingerprint density at radius 3 is 2.75 bits per heavy atom. The van der Waals surface area contributed by atoms with E-state index in [4.69, 9.17) is 4.74 Å². The van der Waals surface area contributed by atoms with Gasteiger partial charge in [-0.25, -0.2) is 0 Å². The van der Waals surface area contributed by atoms with Crippen LogP contribution in [0.15, 0.2) is 35.3 Å². The Kier molecular flexibility index (Phi) is 4.51. The number of ether oxygens (including phenoxy) is 1. The third kappa shape index (κ3) is 3.48. The van der Waals surface area contributed by atoms with Crippen molar-refractivity contribution >= 4 is 16.9 Å². The molecule has 1 heterocycles. The molecule has 3 rings (SSSR count). The molecule has 2 aliphatic rings. The molecular formula is C16H22N2OS. The number of para-hydroxylation sites is 1. The molecule has 1 aliphatic heterocycles. The Morgan fingerprint density at radius 2 is 1.95 bits per heavy atom. The Hall–Kier alpha value is -1.16. The van der Waals surface area contributed by atoms with Crippen LogP contribution in [-0.2, 0) is 0 Å². The first-order valence-corrected chi connectivity index (χ1v) is 8.48. The van der Waals surface area contributed by atoms with Crippen molar-refractivity contribution in [2.24, 2.45) is 4.99 Å². The predicted octanol–water partition coefficient (Wildman–Crippen LogP) is 3.46. The Balaban J connectivity index is 1.44. The van der Waals surface area contributed by atoms with Crippen molar-refractivity contribution in [3.05, 3.63) is 30.3 Å². The molecule has 1 N–H and O–H groups in total. The molecule has 108 valence electrons. The van der Waals surface area contributed by atoms with Crippen LogP contribution in [0.3, 0.4) is 0 Å². The summed E-state index contributed by atoms with van der Waals surface area (Å²) >= 11 is 1.88. The lowest BCUT2D eigenvalue weighted by atomic mass is 9.83. The number of benzene rings is 1. The summed E-state index contributed by atoms with van der Waals surface area (Å²) in [6.45, 7) is 1.36. The molecule has 1 spiro atoms. The lowest BCUT2D eigenvalue weighted by Gasteiger charge is -2.32. The molecule has 4 heteroatoms. The third-order valence-corrected chi connectivity index (χ3v) is 5.23. The second kappa shape index (κ2) is 6.53. The molecule has 1 aliphatic carbocycles. The minimum atomic E-state index is 0.349. The molecule has 1 aromatic carbocycles. The molecule has 0 atom stereocenters. The van der Waals surface area contributed by atoms with Crippen molar-refractivity contribution in [1.82, 2.24) is 5.32 Å². The van der Waals surface area contributed by atoms with E-state index in [0.717, 1.165) is 17.5 Å². The summed E-state index contributed by atoms with van der Waals surface area (Å²) < 4.78 is 5.66. The van der Waals surface area contributed by atoms with Crippen LogP contribution in [0.4, 0.5) is 0 Å². The van der Waals surface area contributed by atoms with E-state index in [0.29, 0.717) is 12.1 Å². The summed E-state index contributed by atoms with van der Waals surface area (Å²) in [5.74, 6) is 2.11. The summed E-state index contributed by atoms with van der Waals surface area (Å²) in [6.07, 6.45) is 6.72. The van der Waals surface area contributed by atoms with Gasteiger partial charge in [-0.3, -0.25) is 4.99 Å². The first-order valence-electron chi connectivity index (χ1n) is 7.50. The van der Waals surface area contributed by atoms with Gasteiger partial charge in [-0.1, -0.05) is 49.2 Å². The van der Waals surface area contributed by atoms with Gasteiger partial charge in [0.25, 0.3) is 0 Å². The van der Waals surface area contributed by atoms with Crippen molar-refractivity contribution in [2.45, 2.75) is 37.6 Å². The van der Waals surface area contributed by atoms with E-state index in [1.54, 1.807) is 0 Å². The lowest BCUT2D eigenvalue weighted by molar-refractivity contribution is 0.303. The average Bonchev–Trinajstić information content (AvgIpc) is 2.88. The summed E-state index contributed by atoms with van der Waals surface area (Å²) in [5, 5.41) is 4.78. The van der Waals surface area contributed by atoms with Crippen LogP contribution in [0.25, 0.3) is 0 Å². The molecule has 0 aromatic heterocycles. The summed E-state index contributed by atoms with van der Waals surface area (Å²) in [6, 6.07) is 9.93. The van der Waals surface area contributed by atoms with Crippen LogP contribution in [-0.4, -0.2) is 29.6 Å². The number of hydrogen-bond acceptors (Lipinski definition) is 3. The standard InChI is InChI=1S/C16H22N2OS/c1-3-7-14(8-4-1)19-12-11-17-15-18-16(13-20-15)9-5-2-6-10-16/h1,3-4,7-8H,2,5-6,9-13H2,(H,17,18). The van der Waals surface area contributed by atoms with Crippen molar-refractivity contribution in [3.63, 3.8) is 0 Å². The van der Waals surface area contributed by atoms with Crippen molar-refractivity contribution in [3.8, 4) is 5.75 Å². The maximum absolute atomic E-state index is 5.66. The maximum Gasteiger partial charge on any atom is 0.157 e. The van der Waals surface area contributed by atoms with Crippen LogP contribution < -0.4 is 10.1 Å². The number of amidine groups is 1. The Morgan fingerprint density at radius 1 is 1.15 bits per heavy atom. The van der Waals surface area contributed by atoms with Crippen molar-refractivity contribution in [1.29, 1.82) is 0 Å². The number of thioether (sulfide) groups is 1. The minimum absolute atomic E-state index is 0.349. The predicted molar refractivity (Wildman–Crippen MR) is 85.6 cm³/mol. The molecule has 1 saturated heterocycles. The molecule has 1 saturated carbocycles. The van der Waals surface area contributed by atoms with Gasteiger partial charge in [-0.2, -0.15) is 0 Å². The normalized spacial score (nSPS) is 22.9. The number of nitrogens with zero attached hydrogens (tertiary/aromatic N) is 1. The SMILES string of the molecule is c1ccc(OCCN=C2NC3(CCCCC3)CS2)cc1. The summed E-state index contributed by atoms with van der Waals surface area (Å²) in [7, 11) is 0. The molecule has 0 radical (unpaired) electrons. The molecule has 0 unspecified atom stereocenters. The van der Waals surface area contributed by atoms with Crippen LogP contribution in [0.5, 0.6) is 5.75 Å². The lowest BCUT2D eigenvalue weighted by Crippen LogP contribution is -2.45. The number of rotatable bonds is 4. The molecule has 3 nitrogen and oxygen atoms in total. The van der Waals surface area contributed by atoms with Gasteiger partial charge in [0.1, 0.15) is 12.4 Å². The highest BCUT2D eigenvalue weighted by Crippen LogP contribution is 2.36. The second-order valence-electron chi connectivity index (χ2n) is 5.60. The van der Waals surface area contributed by atoms with Crippen LogP contribution in [0.1, 0.15) is 32.1 Å². The Labute approximate surface area is 125 Å². The number of nitrogens with one attached hydrogen (secondary N) is 1. The summed E-state index contributed by atoms with van der Waals surface area (Å²) in [4.78, 5) is 4.63. The fourth-order valence-electron chi connectivity index (χ4n) is 2.92. The second-order valence-corrected chi connectivity index (χ2v) is 6.57. The number of hydrogen-bond donors (Lipinski definition) is 1. The van der Waals surface area contributed by atoms with Gasteiger partial charge in [-0.05, 0) is 25.0 Å². The van der Waals surface area contributed by atoms with Crippen molar-refractivity contribution in [2.75, 3.05) is 18.9 Å². The highest BCUT2D eigenvalue weighted by molar-refractivity contribution is 8.14. The van der Waals surface area contributed by atoms with Crippen LogP contribution in [0.2, 0.25) is 0 Å². The van der Waals surface area contributed by atoms with Gasteiger partial charge >= 0.3 is 0 Å². The molecule has 1 aromatic rings. The first kappa shape index (κ1) is 13.8. The highest BCUT2D eigenvalue weighted by atomic mass is 32.2. The zero-order valence-electron chi connectivity index (χ0n) is 11.8. The van der Waals surface area contributed by atoms with Gasteiger partial charge in [0.15, 0.2) is 5.17 Å². The van der Waals surface area contributed by atoms with E-state index < -0.39 is 0 Å². The third-order valence-electron chi connectivity index (χ3n) is 4.03. The smallest absolute Gasteiger partial charge is 0.157 e. The van der Waals surface area contributed by atoms with E-state index in [9.17, 15) is 0 Å². The molecule has 0 bridgehead atoms. The average molecular weight is 290 g/mol. The molecule has 2 fully saturated rings. The van der Waals surface area contributed by atoms with Crippen LogP contribution >= 0.6 is 11.8 Å². The van der Waals surface area contributed by atoms with E-state index >= 15 is 0 Å². The van der Waals surface area contributed by atoms with E-state index in [2.05, 4.69) is 10.3 Å². The topological polar surface area (TPSA) is 33.6 Å². The van der Waals surface area contributed by atoms with Crippen molar-refractivity contribution < 1.29 is 4.74 Å². The fourth-order valence-corrected chi connectivity index (χ4v) is 4.16. The van der Waals surface area contributed by atoms with E-state index in [1.165, 1.54) is 37.9 Å². The van der Waals surface area contributed by atoms with E-state index in [-0.39, 0.29) is 0 Å². The van der Waals surface area contributed by atoms with Gasteiger partial charge in [-0.15, -0.1) is 0 Å². The largest absolute Gasteiger partial charge is 0.492 e. The number of aliphatic imine (C=N–C) groups is 1. The zero-order chi connectivity index (χ0) is 13.7. The highest BCUT2D eigenvalue weighted by Gasteiger charge is 2.37. The van der Waals surface area contributed by atoms with Crippen LogP contribution in [0, 0.1) is 0 Å². The Bertz CT molecular complexity index is 455. The van der Waals surface area contributed by atoms with Gasteiger partial charge in [0.05, 0.1) is 6.54 Å². The maximum atomic E-state index is 5.66. The van der Waals surface area contributed by atoms with Gasteiger partial charge in [0.2, 0.25) is 0 Å². The monoisotopic (exact) mass is 290 g/mol. The summed E-state index contributed by atoms with van der Waals surface area (Å²) in [5.41, 5.74) is 0.349. The quantitative estimate of drug-likeness (QED) is 0.862. The molecule has 20 heavy (non-hydrogen) atoms.